The number of rotatable bonds is 7. The van der Waals surface area contributed by atoms with Gasteiger partial charge in [-0.05, 0) is 54.1 Å². The lowest BCUT2D eigenvalue weighted by Gasteiger charge is -2.07. The lowest BCUT2D eigenvalue weighted by Crippen LogP contribution is -2.07. The van der Waals surface area contributed by atoms with Crippen LogP contribution in [-0.2, 0) is 10.5 Å². The van der Waals surface area contributed by atoms with Crippen LogP contribution in [0.5, 0.6) is 0 Å². The summed E-state index contributed by atoms with van der Waals surface area (Å²) in [4.78, 5) is 19.8. The molecule has 0 aliphatic rings. The van der Waals surface area contributed by atoms with Crippen molar-refractivity contribution in [1.82, 2.24) is 20.2 Å². The Hall–Kier alpha value is -3.43. The minimum absolute atomic E-state index is 0.163. The highest BCUT2D eigenvalue weighted by Gasteiger charge is 2.14. The fourth-order valence-corrected chi connectivity index (χ4v) is 3.73. The van der Waals surface area contributed by atoms with Gasteiger partial charge >= 0.3 is 6.01 Å². The molecule has 0 aliphatic carbocycles. The average molecular weight is 453 g/mol. The Bertz CT molecular complexity index is 1200. The van der Waals surface area contributed by atoms with Gasteiger partial charge in [0.25, 0.3) is 5.89 Å². The smallest absolute Gasteiger partial charge is 0.320 e. The Morgan fingerprint density at radius 2 is 1.94 bits per heavy atom. The number of nitrogens with one attached hydrogen (secondary N) is 2. The monoisotopic (exact) mass is 452 g/mol. The summed E-state index contributed by atoms with van der Waals surface area (Å²) in [7, 11) is 0. The van der Waals surface area contributed by atoms with Crippen molar-refractivity contribution in [3.05, 3.63) is 71.5 Å². The fourth-order valence-electron chi connectivity index (χ4n) is 2.67. The third-order valence-corrected chi connectivity index (χ3v) is 5.35. The van der Waals surface area contributed by atoms with Gasteiger partial charge in [0.05, 0.1) is 5.56 Å². The Morgan fingerprint density at radius 3 is 2.74 bits per heavy atom. The number of halogens is 1. The molecule has 0 saturated heterocycles. The van der Waals surface area contributed by atoms with Gasteiger partial charge in [-0.3, -0.25) is 4.79 Å². The van der Waals surface area contributed by atoms with E-state index in [9.17, 15) is 4.79 Å². The minimum atomic E-state index is -0.163. The average Bonchev–Trinajstić information content (AvgIpc) is 3.22. The molecule has 10 heteroatoms. The van der Waals surface area contributed by atoms with Crippen LogP contribution in [0.2, 0.25) is 5.02 Å². The number of carbonyl (C=O) groups is 1. The highest BCUT2D eigenvalue weighted by molar-refractivity contribution is 7.98. The molecule has 4 rings (SSSR count). The summed E-state index contributed by atoms with van der Waals surface area (Å²) in [6, 6.07) is 14.9. The summed E-state index contributed by atoms with van der Waals surface area (Å²) in [5.74, 6) is 1.34. The van der Waals surface area contributed by atoms with Gasteiger partial charge in [0, 0.05) is 35.8 Å². The molecule has 4 aromatic rings. The molecule has 31 heavy (non-hydrogen) atoms. The topological polar surface area (TPSA) is 106 Å². The van der Waals surface area contributed by atoms with E-state index < -0.39 is 0 Å². The molecule has 0 unspecified atom stereocenters. The summed E-state index contributed by atoms with van der Waals surface area (Å²) in [6.07, 6.45) is 3.37. The number of nitrogens with zero attached hydrogens (tertiary/aromatic N) is 4. The summed E-state index contributed by atoms with van der Waals surface area (Å²) < 4.78 is 5.78. The number of hydrogen-bond acceptors (Lipinski definition) is 8. The normalized spacial score (nSPS) is 10.6. The highest BCUT2D eigenvalue weighted by atomic mass is 35.5. The van der Waals surface area contributed by atoms with Gasteiger partial charge in [-0.1, -0.05) is 16.7 Å². The van der Waals surface area contributed by atoms with Crippen molar-refractivity contribution in [1.29, 1.82) is 0 Å². The zero-order valence-electron chi connectivity index (χ0n) is 16.4. The molecular formula is C21H17ClN6O2S. The van der Waals surface area contributed by atoms with E-state index in [1.807, 2.05) is 36.4 Å². The van der Waals surface area contributed by atoms with E-state index in [0.717, 1.165) is 21.8 Å². The van der Waals surface area contributed by atoms with E-state index in [-0.39, 0.29) is 11.9 Å². The van der Waals surface area contributed by atoms with E-state index in [1.54, 1.807) is 24.5 Å². The number of hydrogen-bond donors (Lipinski definition) is 2. The van der Waals surface area contributed by atoms with E-state index in [2.05, 4.69) is 30.8 Å². The second-order valence-corrected chi connectivity index (χ2v) is 7.82. The molecule has 156 valence electrons. The maximum absolute atomic E-state index is 11.2. The molecule has 3 aromatic heterocycles. The van der Waals surface area contributed by atoms with Crippen molar-refractivity contribution in [3.8, 4) is 11.5 Å². The number of benzene rings is 1. The molecular weight excluding hydrogens is 436 g/mol. The second-order valence-electron chi connectivity index (χ2n) is 6.42. The summed E-state index contributed by atoms with van der Waals surface area (Å²) in [5, 5.41) is 15.3. The third-order valence-electron chi connectivity index (χ3n) is 4.03. The van der Waals surface area contributed by atoms with Crippen LogP contribution in [0, 0.1) is 0 Å². The largest absolute Gasteiger partial charge is 0.403 e. The number of anilines is 3. The summed E-state index contributed by atoms with van der Waals surface area (Å²) in [5.41, 5.74) is 2.52. The van der Waals surface area contributed by atoms with Gasteiger partial charge in [-0.15, -0.1) is 16.9 Å². The van der Waals surface area contributed by atoms with Gasteiger partial charge in [-0.25, -0.2) is 9.97 Å². The summed E-state index contributed by atoms with van der Waals surface area (Å²) in [6.45, 7) is 1.45. The number of pyridine rings is 2. The van der Waals surface area contributed by atoms with Crippen LogP contribution in [0.1, 0.15) is 12.5 Å². The minimum Gasteiger partial charge on any atom is -0.403 e. The van der Waals surface area contributed by atoms with Gasteiger partial charge in [0.2, 0.25) is 5.91 Å². The Balaban J connectivity index is 1.48. The molecule has 0 atom stereocenters. The van der Waals surface area contributed by atoms with E-state index >= 15 is 0 Å². The van der Waals surface area contributed by atoms with Crippen LogP contribution in [0.25, 0.3) is 11.5 Å². The Labute approximate surface area is 187 Å². The first-order valence-corrected chi connectivity index (χ1v) is 10.6. The first-order chi connectivity index (χ1) is 15.1. The molecule has 0 spiro atoms. The fraction of sp³-hybridized carbons (Fsp3) is 0.0952. The molecule has 0 aliphatic heterocycles. The lowest BCUT2D eigenvalue weighted by atomic mass is 10.3. The predicted octanol–water partition coefficient (Wildman–Crippen LogP) is 5.17. The maximum atomic E-state index is 11.2. The zero-order valence-corrected chi connectivity index (χ0v) is 17.9. The summed E-state index contributed by atoms with van der Waals surface area (Å²) >= 11 is 7.43. The number of amides is 1. The van der Waals surface area contributed by atoms with Crippen LogP contribution in [-0.4, -0.2) is 26.1 Å². The van der Waals surface area contributed by atoms with Gasteiger partial charge in [0.15, 0.2) is 0 Å². The van der Waals surface area contributed by atoms with Crippen LogP contribution < -0.4 is 10.6 Å². The van der Waals surface area contributed by atoms with Crippen molar-refractivity contribution in [2.45, 2.75) is 17.7 Å². The molecule has 3 heterocycles. The number of aromatic nitrogens is 4. The maximum Gasteiger partial charge on any atom is 0.320 e. The quantitative estimate of drug-likeness (QED) is 0.370. The zero-order chi connectivity index (χ0) is 21.6. The molecule has 0 radical (unpaired) electrons. The first-order valence-electron chi connectivity index (χ1n) is 9.23. The van der Waals surface area contributed by atoms with E-state index in [1.165, 1.54) is 18.7 Å². The van der Waals surface area contributed by atoms with E-state index in [0.29, 0.717) is 22.5 Å². The van der Waals surface area contributed by atoms with Crippen molar-refractivity contribution < 1.29 is 9.21 Å². The van der Waals surface area contributed by atoms with Crippen molar-refractivity contribution in [2.75, 3.05) is 10.6 Å². The Morgan fingerprint density at radius 1 is 1.10 bits per heavy atom. The van der Waals surface area contributed by atoms with Crippen molar-refractivity contribution >= 4 is 46.8 Å². The molecule has 1 amide bonds. The second kappa shape index (κ2) is 9.59. The number of carbonyl (C=O) groups excluding carboxylic acids is 1. The van der Waals surface area contributed by atoms with Crippen molar-refractivity contribution in [3.63, 3.8) is 0 Å². The Kier molecular flexibility index (Phi) is 6.44. The number of thioether (sulfide) groups is 1. The lowest BCUT2D eigenvalue weighted by molar-refractivity contribution is -0.114. The van der Waals surface area contributed by atoms with Crippen LogP contribution >= 0.6 is 23.4 Å². The van der Waals surface area contributed by atoms with Crippen LogP contribution in [0.3, 0.4) is 0 Å². The third kappa shape index (κ3) is 5.59. The predicted molar refractivity (Wildman–Crippen MR) is 120 cm³/mol. The first kappa shape index (κ1) is 20.8. The molecule has 0 bridgehead atoms. The van der Waals surface area contributed by atoms with Crippen LogP contribution in [0.4, 0.5) is 17.5 Å². The molecule has 2 N–H and O–H groups in total. The van der Waals surface area contributed by atoms with Gasteiger partial charge in [0.1, 0.15) is 10.8 Å². The molecule has 8 nitrogen and oxygen atoms in total. The standard InChI is InChI=1S/C21H17ClN6O2S/c1-13(29)25-18-11-14(8-10-23-18)12-31-20-17(3-2-9-24-20)19-27-28-21(30-19)26-16-6-4-15(22)5-7-16/h2-11H,12H2,1H3,(H,26,28)(H,23,25,29). The van der Waals surface area contributed by atoms with E-state index in [4.69, 9.17) is 16.0 Å². The molecule has 0 fully saturated rings. The van der Waals surface area contributed by atoms with Gasteiger partial charge in [-0.2, -0.15) is 0 Å². The SMILES string of the molecule is CC(=O)Nc1cc(CSc2ncccc2-c2nnc(Nc3ccc(Cl)cc3)o2)ccn1. The van der Waals surface area contributed by atoms with Crippen molar-refractivity contribution in [2.24, 2.45) is 0 Å². The van der Waals surface area contributed by atoms with Crippen LogP contribution in [0.15, 0.2) is 70.4 Å². The highest BCUT2D eigenvalue weighted by Crippen LogP contribution is 2.32. The molecule has 1 aromatic carbocycles. The molecule has 0 saturated carbocycles. The van der Waals surface area contributed by atoms with Gasteiger partial charge < -0.3 is 15.1 Å².